The SMILES string of the molecule is Cc1nccc(NC2CCCCCC2C)n1. The quantitative estimate of drug-likeness (QED) is 0.776. The van der Waals surface area contributed by atoms with E-state index in [4.69, 9.17) is 0 Å². The molecule has 2 unspecified atom stereocenters. The van der Waals surface area contributed by atoms with E-state index in [1.165, 1.54) is 32.1 Å². The van der Waals surface area contributed by atoms with Crippen LogP contribution in [0.3, 0.4) is 0 Å². The van der Waals surface area contributed by atoms with E-state index >= 15 is 0 Å². The van der Waals surface area contributed by atoms with Gasteiger partial charge in [-0.15, -0.1) is 0 Å². The molecule has 1 saturated carbocycles. The molecule has 16 heavy (non-hydrogen) atoms. The highest BCUT2D eigenvalue weighted by Gasteiger charge is 2.19. The van der Waals surface area contributed by atoms with Gasteiger partial charge in [-0.3, -0.25) is 0 Å². The minimum absolute atomic E-state index is 0.580. The highest BCUT2D eigenvalue weighted by molar-refractivity contribution is 5.34. The van der Waals surface area contributed by atoms with E-state index in [1.54, 1.807) is 0 Å². The second kappa shape index (κ2) is 5.28. The van der Waals surface area contributed by atoms with E-state index in [2.05, 4.69) is 22.2 Å². The third kappa shape index (κ3) is 2.94. The number of aryl methyl sites for hydroxylation is 1. The third-order valence-corrected chi connectivity index (χ3v) is 3.47. The van der Waals surface area contributed by atoms with Gasteiger partial charge in [0.1, 0.15) is 11.6 Å². The van der Waals surface area contributed by atoms with Crippen LogP contribution in [-0.4, -0.2) is 16.0 Å². The largest absolute Gasteiger partial charge is 0.367 e. The Morgan fingerprint density at radius 2 is 2.06 bits per heavy atom. The molecule has 88 valence electrons. The second-order valence-electron chi connectivity index (χ2n) is 4.86. The molecular weight excluding hydrogens is 198 g/mol. The van der Waals surface area contributed by atoms with E-state index in [9.17, 15) is 0 Å². The highest BCUT2D eigenvalue weighted by atomic mass is 15.0. The lowest BCUT2D eigenvalue weighted by atomic mass is 9.97. The van der Waals surface area contributed by atoms with Gasteiger partial charge in [0.2, 0.25) is 0 Å². The Labute approximate surface area is 97.7 Å². The number of hydrogen-bond donors (Lipinski definition) is 1. The molecule has 3 nitrogen and oxygen atoms in total. The zero-order valence-corrected chi connectivity index (χ0v) is 10.2. The summed E-state index contributed by atoms with van der Waals surface area (Å²) in [5.74, 6) is 2.57. The van der Waals surface area contributed by atoms with Crippen molar-refractivity contribution in [3.05, 3.63) is 18.1 Å². The molecule has 0 aromatic carbocycles. The second-order valence-corrected chi connectivity index (χ2v) is 4.86. The predicted octanol–water partition coefficient (Wildman–Crippen LogP) is 3.17. The topological polar surface area (TPSA) is 37.8 Å². The molecule has 0 bridgehead atoms. The van der Waals surface area contributed by atoms with E-state index < -0.39 is 0 Å². The van der Waals surface area contributed by atoms with E-state index in [0.29, 0.717) is 6.04 Å². The van der Waals surface area contributed by atoms with Crippen LogP contribution in [0.4, 0.5) is 5.82 Å². The van der Waals surface area contributed by atoms with Crippen molar-refractivity contribution in [1.82, 2.24) is 9.97 Å². The smallest absolute Gasteiger partial charge is 0.129 e. The first-order valence-electron chi connectivity index (χ1n) is 6.32. The minimum Gasteiger partial charge on any atom is -0.367 e. The van der Waals surface area contributed by atoms with Crippen molar-refractivity contribution in [2.24, 2.45) is 5.92 Å². The van der Waals surface area contributed by atoms with Crippen molar-refractivity contribution in [2.75, 3.05) is 5.32 Å². The van der Waals surface area contributed by atoms with Gasteiger partial charge in [-0.2, -0.15) is 0 Å². The van der Waals surface area contributed by atoms with Crippen molar-refractivity contribution in [1.29, 1.82) is 0 Å². The molecule has 2 atom stereocenters. The fourth-order valence-corrected chi connectivity index (χ4v) is 2.43. The molecule has 0 spiro atoms. The highest BCUT2D eigenvalue weighted by Crippen LogP contribution is 2.25. The molecule has 0 amide bonds. The monoisotopic (exact) mass is 219 g/mol. The molecule has 0 aliphatic heterocycles. The summed E-state index contributed by atoms with van der Waals surface area (Å²) >= 11 is 0. The standard InChI is InChI=1S/C13H21N3/c1-10-6-4-3-5-7-12(10)16-13-8-9-14-11(2)15-13/h8-10,12H,3-7H2,1-2H3,(H,14,15,16). The molecule has 0 saturated heterocycles. The van der Waals surface area contributed by atoms with Crippen molar-refractivity contribution < 1.29 is 0 Å². The first kappa shape index (κ1) is 11.4. The van der Waals surface area contributed by atoms with Gasteiger partial charge in [0.25, 0.3) is 0 Å². The zero-order valence-electron chi connectivity index (χ0n) is 10.2. The molecule has 2 rings (SSSR count). The van der Waals surface area contributed by atoms with Crippen molar-refractivity contribution in [2.45, 2.75) is 52.0 Å². The van der Waals surface area contributed by atoms with Gasteiger partial charge in [-0.25, -0.2) is 9.97 Å². The van der Waals surface area contributed by atoms with Crippen LogP contribution in [0.5, 0.6) is 0 Å². The average Bonchev–Trinajstić information content (AvgIpc) is 2.45. The van der Waals surface area contributed by atoms with Gasteiger partial charge in [-0.1, -0.05) is 26.2 Å². The third-order valence-electron chi connectivity index (χ3n) is 3.47. The summed E-state index contributed by atoms with van der Waals surface area (Å²) in [6.45, 7) is 4.28. The molecule has 1 aliphatic rings. The molecule has 1 aliphatic carbocycles. The summed E-state index contributed by atoms with van der Waals surface area (Å²) in [5, 5.41) is 3.56. The number of nitrogens with zero attached hydrogens (tertiary/aromatic N) is 2. The summed E-state index contributed by atoms with van der Waals surface area (Å²) in [5.41, 5.74) is 0. The molecule has 1 fully saturated rings. The molecule has 0 radical (unpaired) electrons. The van der Waals surface area contributed by atoms with Gasteiger partial charge in [0.15, 0.2) is 0 Å². The van der Waals surface area contributed by atoms with Crippen LogP contribution in [0.1, 0.15) is 44.9 Å². The summed E-state index contributed by atoms with van der Waals surface area (Å²) in [6, 6.07) is 2.54. The van der Waals surface area contributed by atoms with Crippen LogP contribution in [0, 0.1) is 12.8 Å². The maximum atomic E-state index is 4.41. The Kier molecular flexibility index (Phi) is 3.75. The number of anilines is 1. The van der Waals surface area contributed by atoms with Crippen LogP contribution in [-0.2, 0) is 0 Å². The Morgan fingerprint density at radius 3 is 2.88 bits per heavy atom. The summed E-state index contributed by atoms with van der Waals surface area (Å²) in [4.78, 5) is 8.53. The minimum atomic E-state index is 0.580. The summed E-state index contributed by atoms with van der Waals surface area (Å²) in [7, 11) is 0. The van der Waals surface area contributed by atoms with Crippen LogP contribution >= 0.6 is 0 Å². The maximum Gasteiger partial charge on any atom is 0.129 e. The lowest BCUT2D eigenvalue weighted by Gasteiger charge is -2.23. The molecule has 1 aromatic heterocycles. The van der Waals surface area contributed by atoms with Gasteiger partial charge in [-0.05, 0) is 31.7 Å². The van der Waals surface area contributed by atoms with Crippen LogP contribution in [0.15, 0.2) is 12.3 Å². The predicted molar refractivity (Wildman–Crippen MR) is 66.4 cm³/mol. The number of aromatic nitrogens is 2. The van der Waals surface area contributed by atoms with Crippen molar-refractivity contribution in [3.8, 4) is 0 Å². The van der Waals surface area contributed by atoms with Gasteiger partial charge in [0.05, 0.1) is 0 Å². The van der Waals surface area contributed by atoms with Crippen LogP contribution < -0.4 is 5.32 Å². The van der Waals surface area contributed by atoms with Crippen molar-refractivity contribution >= 4 is 5.82 Å². The zero-order chi connectivity index (χ0) is 11.4. The lowest BCUT2D eigenvalue weighted by Crippen LogP contribution is -2.26. The van der Waals surface area contributed by atoms with E-state index in [0.717, 1.165) is 17.6 Å². The van der Waals surface area contributed by atoms with Crippen LogP contribution in [0.2, 0.25) is 0 Å². The number of rotatable bonds is 2. The molecular formula is C13H21N3. The first-order chi connectivity index (χ1) is 7.75. The fourth-order valence-electron chi connectivity index (χ4n) is 2.43. The summed E-state index contributed by atoms with van der Waals surface area (Å²) < 4.78 is 0. The Hall–Kier alpha value is -1.12. The first-order valence-corrected chi connectivity index (χ1v) is 6.32. The number of hydrogen-bond acceptors (Lipinski definition) is 3. The molecule has 3 heteroatoms. The molecule has 1 N–H and O–H groups in total. The lowest BCUT2D eigenvalue weighted by molar-refractivity contribution is 0.455. The normalized spacial score (nSPS) is 26.1. The fraction of sp³-hybridized carbons (Fsp3) is 0.692. The van der Waals surface area contributed by atoms with E-state index in [-0.39, 0.29) is 0 Å². The Balaban J connectivity index is 2.02. The van der Waals surface area contributed by atoms with Crippen LogP contribution in [0.25, 0.3) is 0 Å². The molecule has 1 aromatic rings. The Bertz CT molecular complexity index is 338. The Morgan fingerprint density at radius 1 is 1.25 bits per heavy atom. The number of nitrogens with one attached hydrogen (secondary N) is 1. The van der Waals surface area contributed by atoms with Crippen molar-refractivity contribution in [3.63, 3.8) is 0 Å². The molecule has 1 heterocycles. The van der Waals surface area contributed by atoms with Gasteiger partial charge >= 0.3 is 0 Å². The van der Waals surface area contributed by atoms with Gasteiger partial charge < -0.3 is 5.32 Å². The maximum absolute atomic E-state index is 4.41. The van der Waals surface area contributed by atoms with Gasteiger partial charge in [0, 0.05) is 12.2 Å². The average molecular weight is 219 g/mol. The summed E-state index contributed by atoms with van der Waals surface area (Å²) in [6.07, 6.45) is 8.53. The van der Waals surface area contributed by atoms with E-state index in [1.807, 2.05) is 19.2 Å².